The minimum absolute atomic E-state index is 0.00165. The first-order valence-corrected chi connectivity index (χ1v) is 46.6. The molecule has 658 valence electrons. The average molecular weight is 1670 g/mol. The fraction of sp³-hybridized carbons (Fsp3) is 0.660. The van der Waals surface area contributed by atoms with Crippen molar-refractivity contribution >= 4 is 109 Å². The molecular weight excluding hydrogens is 1540 g/mol. The van der Waals surface area contributed by atoms with E-state index < -0.39 is 18.1 Å². The van der Waals surface area contributed by atoms with E-state index in [9.17, 15) is 57.5 Å². The lowest BCUT2D eigenvalue weighted by molar-refractivity contribution is -0.139. The maximum Gasteiger partial charge on any atom is 0.245 e. The van der Waals surface area contributed by atoms with Crippen molar-refractivity contribution in [1.82, 2.24) is 60.0 Å². The Morgan fingerprint density at radius 3 is 1.11 bits per heavy atom. The molecule has 6 bridgehead atoms. The van der Waals surface area contributed by atoms with Gasteiger partial charge in [0.15, 0.2) is 34.7 Å². The van der Waals surface area contributed by atoms with E-state index in [1.807, 2.05) is 54.7 Å². The molecular formula is C97H133N13O12. The molecule has 3 aromatic carbocycles. The highest BCUT2D eigenvalue weighted by Gasteiger charge is 2.69. The van der Waals surface area contributed by atoms with Crippen molar-refractivity contribution < 1.29 is 57.5 Å². The van der Waals surface area contributed by atoms with E-state index in [0.717, 1.165) is 196 Å². The number of carbonyl (C=O) groups excluding carboxylic acids is 12. The third-order valence-corrected chi connectivity index (χ3v) is 29.5. The van der Waals surface area contributed by atoms with Crippen LogP contribution in [0.4, 0.5) is 5.69 Å². The average Bonchev–Trinajstić information content (AvgIpc) is 1.55. The molecule has 4 saturated carbocycles. The van der Waals surface area contributed by atoms with E-state index in [1.54, 1.807) is 35.7 Å². The number of aromatic nitrogens is 6. The number of nitrogens with zero attached hydrogens (tertiary/aromatic N) is 9. The number of amides is 6. The second-order valence-corrected chi connectivity index (χ2v) is 38.8. The lowest BCUT2D eigenvalue weighted by Gasteiger charge is -2.26. The summed E-state index contributed by atoms with van der Waals surface area (Å²) >= 11 is 0. The van der Waals surface area contributed by atoms with Gasteiger partial charge in [0.25, 0.3) is 0 Å². The fourth-order valence-electron chi connectivity index (χ4n) is 22.2. The number of carbonyl (C=O) groups is 12. The first-order chi connectivity index (χ1) is 58.4. The number of anilines is 1. The molecule has 4 aliphatic carbocycles. The molecule has 122 heavy (non-hydrogen) atoms. The lowest BCUT2D eigenvalue weighted by atomic mass is 9.85. The highest BCUT2D eigenvalue weighted by molar-refractivity contribution is 6.09. The Bertz CT molecular complexity index is 5060. The number of rotatable bonds is 15. The molecule has 25 nitrogen and oxygen atoms in total. The first-order valence-electron chi connectivity index (χ1n) is 46.6. The Labute approximate surface area is 719 Å². The van der Waals surface area contributed by atoms with Gasteiger partial charge in [0.2, 0.25) is 35.4 Å². The predicted molar refractivity (Wildman–Crippen MR) is 469 cm³/mol. The first kappa shape index (κ1) is 89.0. The summed E-state index contributed by atoms with van der Waals surface area (Å²) in [5.74, 6) is 0.597. The maximum absolute atomic E-state index is 14.1. The topological polar surface area (TPSA) is 316 Å². The number of piperidine rings is 3. The maximum atomic E-state index is 14.1. The molecule has 3 aromatic heterocycles. The summed E-state index contributed by atoms with van der Waals surface area (Å²) in [6.07, 6.45) is 28.6. The van der Waals surface area contributed by atoms with Crippen LogP contribution in [-0.2, 0) is 94.9 Å². The lowest BCUT2D eigenvalue weighted by Crippen LogP contribution is -2.44. The van der Waals surface area contributed by atoms with Crippen molar-refractivity contribution in [2.45, 2.75) is 338 Å². The summed E-state index contributed by atoms with van der Waals surface area (Å²) in [4.78, 5) is 163. The summed E-state index contributed by atoms with van der Waals surface area (Å²) in [5.41, 5.74) is 9.68. The molecule has 12 atom stereocenters. The molecule has 7 fully saturated rings. The minimum Gasteiger partial charge on any atom is -0.388 e. The van der Waals surface area contributed by atoms with Crippen LogP contribution in [-0.4, -0.2) is 177 Å². The van der Waals surface area contributed by atoms with Gasteiger partial charge in [-0.1, -0.05) is 138 Å². The van der Waals surface area contributed by atoms with Gasteiger partial charge in [-0.15, -0.1) is 0 Å². The van der Waals surface area contributed by atoms with E-state index >= 15 is 0 Å². The molecule has 0 radical (unpaired) electrons. The fourth-order valence-corrected chi connectivity index (χ4v) is 22.2. The van der Waals surface area contributed by atoms with E-state index in [1.165, 1.54) is 57.1 Å². The monoisotopic (exact) mass is 1670 g/mol. The van der Waals surface area contributed by atoms with Crippen LogP contribution >= 0.6 is 0 Å². The molecule has 6 amide bonds. The van der Waals surface area contributed by atoms with Crippen molar-refractivity contribution in [3.05, 3.63) is 81.3 Å². The Morgan fingerprint density at radius 2 is 0.762 bits per heavy atom. The van der Waals surface area contributed by atoms with Gasteiger partial charge in [0, 0.05) is 141 Å². The van der Waals surface area contributed by atoms with E-state index in [-0.39, 0.29) is 142 Å². The molecule has 0 spiro atoms. The molecule has 10 aliphatic rings. The third-order valence-electron chi connectivity index (χ3n) is 29.5. The molecule has 0 unspecified atom stereocenters. The Hall–Kier alpha value is -9.29. The van der Waals surface area contributed by atoms with Crippen LogP contribution in [0, 0.1) is 45.8 Å². The van der Waals surface area contributed by atoms with Crippen LogP contribution in [0.3, 0.4) is 0 Å². The number of Topliss-reactive ketones (excluding diaryl/α,β-unsaturated/α-hetero) is 6. The zero-order valence-corrected chi connectivity index (χ0v) is 74.6. The summed E-state index contributed by atoms with van der Waals surface area (Å²) < 4.78 is 5.16. The van der Waals surface area contributed by atoms with Crippen LogP contribution < -0.4 is 21.3 Å². The van der Waals surface area contributed by atoms with E-state index in [4.69, 9.17) is 10.2 Å². The highest BCUT2D eigenvalue weighted by Crippen LogP contribution is 2.62. The number of benzene rings is 3. The number of aryl methyl sites for hydroxylation is 4. The van der Waals surface area contributed by atoms with Crippen LogP contribution in [0.1, 0.15) is 309 Å². The normalized spacial score (nSPS) is 28.0. The van der Waals surface area contributed by atoms with Crippen LogP contribution in [0.15, 0.2) is 36.4 Å². The SMILES string of the molecule is CCC(=O)[C@@H]1C[C@]23CNC(=O)[C@@H](C)CCCCCc4cc(CC(C)C)cc5c(C(C)=O)nn(c45)CC(=O)N1[C@@H]2C3.CCC(=O)[C@@H]1C[C@]23CNC(=O)[C@@H](C)CCCCCc4cc(CCC5CCCCC5)cc5c(C(C)=O)nn(c45)CC(=O)N1[C@@H]2C3.CCC(=O)[C@@H]1C[C@]23CNC(=O)[C@@H](C)CCCCCc4cc(NC)cc5c(C(C)=O)nn(c45)CC(=O)N1[C@@H]2C3. The van der Waals surface area contributed by atoms with Crippen molar-refractivity contribution in [3.8, 4) is 0 Å². The summed E-state index contributed by atoms with van der Waals surface area (Å²) in [5, 5.41) is 29.2. The minimum atomic E-state index is -0.482. The van der Waals surface area contributed by atoms with Gasteiger partial charge >= 0.3 is 0 Å². The van der Waals surface area contributed by atoms with Gasteiger partial charge in [-0.3, -0.25) is 71.6 Å². The highest BCUT2D eigenvalue weighted by atomic mass is 16.2. The van der Waals surface area contributed by atoms with Crippen molar-refractivity contribution in [2.24, 2.45) is 45.8 Å². The quantitative estimate of drug-likeness (QED) is 0.0694. The van der Waals surface area contributed by atoms with Crippen molar-refractivity contribution in [2.75, 3.05) is 32.0 Å². The van der Waals surface area contributed by atoms with Crippen molar-refractivity contribution in [3.63, 3.8) is 0 Å². The third kappa shape index (κ3) is 18.6. The second-order valence-electron chi connectivity index (χ2n) is 38.8. The number of nitrogens with one attached hydrogen (secondary N) is 4. The molecule has 4 N–H and O–H groups in total. The summed E-state index contributed by atoms with van der Waals surface area (Å²) in [6, 6.07) is 11.2. The molecule has 25 heteroatoms. The Morgan fingerprint density at radius 1 is 0.434 bits per heavy atom. The smallest absolute Gasteiger partial charge is 0.245 e. The molecule has 6 aromatic rings. The zero-order valence-electron chi connectivity index (χ0n) is 74.6. The van der Waals surface area contributed by atoms with Gasteiger partial charge in [0.1, 0.15) is 36.7 Å². The van der Waals surface area contributed by atoms with Gasteiger partial charge in [0.05, 0.1) is 34.7 Å². The predicted octanol–water partition coefficient (Wildman–Crippen LogP) is 14.1. The van der Waals surface area contributed by atoms with Crippen LogP contribution in [0.2, 0.25) is 0 Å². The summed E-state index contributed by atoms with van der Waals surface area (Å²) in [7, 11) is 1.85. The largest absolute Gasteiger partial charge is 0.388 e. The van der Waals surface area contributed by atoms with Crippen LogP contribution in [0.25, 0.3) is 32.7 Å². The zero-order chi connectivity index (χ0) is 87.0. The second kappa shape index (κ2) is 37.3. The van der Waals surface area contributed by atoms with Gasteiger partial charge < -0.3 is 36.0 Å². The van der Waals surface area contributed by atoms with Gasteiger partial charge in [-0.2, -0.15) is 15.3 Å². The van der Waals surface area contributed by atoms with Gasteiger partial charge in [-0.05, 0) is 179 Å². The molecule has 16 rings (SSSR count). The molecule has 3 saturated heterocycles. The standard InChI is InChI=1S/C36H50N4O4.C32H44N4O4.C29H39N5O4/c1-4-30(42)29-19-36-20-31(36)40(29)32(43)21-39-34-27(14-10-5-7-11-23(2)35(44)37-22-36)17-26(16-15-25-12-8-6-9-13-25)18-28(34)33(38-39)24(3)41;1-6-26(38)25-15-32-16-27(32)36(25)28(39)17-35-30-23(11-9-7-8-10-20(4)31(40)33-18-32)13-22(12-19(2)3)14-24(30)29(34-35)21(5)37;1-5-23(36)22-13-29-14-24(29)34(22)25(37)15-33-27-19(10-8-6-7-9-17(2)28(38)31-16-29)11-20(30-4)12-21(27)26(32-33)18(3)35/h17-18,23,25,29,31H,4-16,19-22H2,1-3H3,(H,37,44);13-14,19-20,25,27H,6-12,15-18H2,1-5H3,(H,33,40);11-12,17,22,24,30H,5-10,13-16H2,1-4H3,(H,31,38)/t23-,29-,31+,36-;20-,25-,27+,32-;17-,22-,24+,29-/m000/s1. The van der Waals surface area contributed by atoms with E-state index in [0.29, 0.717) is 81.2 Å². The number of ketones is 6. The summed E-state index contributed by atoms with van der Waals surface area (Å²) in [6.45, 7) is 21.9. The van der Waals surface area contributed by atoms with Gasteiger partial charge in [-0.25, -0.2) is 0 Å². The van der Waals surface area contributed by atoms with Crippen molar-refractivity contribution in [1.29, 1.82) is 0 Å². The number of hydrogen-bond donors (Lipinski definition) is 4. The molecule has 6 aliphatic heterocycles. The Kier molecular flexibility index (Phi) is 27.2. The number of hydrogen-bond acceptors (Lipinski definition) is 16. The van der Waals surface area contributed by atoms with Crippen LogP contribution in [0.5, 0.6) is 0 Å². The molecule has 9 heterocycles. The Balaban J connectivity index is 0.000000150. The van der Waals surface area contributed by atoms with E-state index in [2.05, 4.69) is 70.5 Å².